The van der Waals surface area contributed by atoms with Crippen LogP contribution in [-0.4, -0.2) is 22.8 Å². The Morgan fingerprint density at radius 1 is 1.44 bits per heavy atom. The molecule has 0 unspecified atom stereocenters. The van der Waals surface area contributed by atoms with Crippen molar-refractivity contribution >= 4 is 0 Å². The van der Waals surface area contributed by atoms with Gasteiger partial charge in [-0.05, 0) is 6.92 Å². The van der Waals surface area contributed by atoms with Crippen LogP contribution in [0.25, 0.3) is 0 Å². The summed E-state index contributed by atoms with van der Waals surface area (Å²) in [5.41, 5.74) is 6.22. The Morgan fingerprint density at radius 2 is 2.00 bits per heavy atom. The molecule has 4 nitrogen and oxygen atoms in total. The number of hydrogen-bond donors (Lipinski definition) is 1. The highest BCUT2D eigenvalue weighted by Gasteiger charge is 2.57. The highest BCUT2D eigenvalue weighted by Crippen LogP contribution is 2.52. The molecule has 1 aliphatic carbocycles. The Labute approximate surface area is 92.4 Å². The molecule has 0 amide bonds. The maximum absolute atomic E-state index is 12.9. The lowest BCUT2D eigenvalue weighted by Crippen LogP contribution is -2.55. The van der Waals surface area contributed by atoms with E-state index in [1.165, 1.54) is 11.8 Å². The number of alkyl halides is 2. The molecule has 1 heterocycles. The zero-order valence-corrected chi connectivity index (χ0v) is 9.55. The van der Waals surface area contributed by atoms with Crippen LogP contribution < -0.4 is 10.5 Å². The van der Waals surface area contributed by atoms with E-state index >= 15 is 0 Å². The molecule has 0 aliphatic heterocycles. The summed E-state index contributed by atoms with van der Waals surface area (Å²) in [5.74, 6) is -2.20. The normalized spacial score (nSPS) is 21.6. The number of rotatable bonds is 2. The summed E-state index contributed by atoms with van der Waals surface area (Å²) >= 11 is 0. The van der Waals surface area contributed by atoms with Crippen molar-refractivity contribution in [1.29, 1.82) is 0 Å². The molecule has 0 atom stereocenters. The molecular weight excluding hydrogens is 216 g/mol. The number of nitrogens with two attached hydrogens (primary N) is 1. The molecule has 0 spiro atoms. The van der Waals surface area contributed by atoms with Gasteiger partial charge in [0.2, 0.25) is 5.88 Å². The van der Waals surface area contributed by atoms with Crippen molar-refractivity contribution in [3.63, 3.8) is 0 Å². The van der Waals surface area contributed by atoms with Crippen molar-refractivity contribution in [3.8, 4) is 5.88 Å². The predicted molar refractivity (Wildman–Crippen MR) is 54.5 cm³/mol. The molecule has 1 aromatic rings. The number of nitrogens with zero attached hydrogens (tertiary/aromatic N) is 2. The lowest BCUT2D eigenvalue weighted by Gasteiger charge is -2.44. The average Bonchev–Trinajstić information content (AvgIpc) is 2.36. The van der Waals surface area contributed by atoms with Crippen LogP contribution in [0.15, 0.2) is 0 Å². The summed E-state index contributed by atoms with van der Waals surface area (Å²) in [6.45, 7) is 1.75. The molecule has 2 N–H and O–H groups in total. The van der Waals surface area contributed by atoms with Gasteiger partial charge in [0, 0.05) is 19.9 Å². The third kappa shape index (κ3) is 1.48. The SMILES string of the molecule is COc1c(C2(N)CC(F)(F)C2)c(C)nn1C. The molecule has 0 radical (unpaired) electrons. The number of hydrogen-bond acceptors (Lipinski definition) is 3. The fraction of sp³-hybridized carbons (Fsp3) is 0.700. The quantitative estimate of drug-likeness (QED) is 0.835. The number of aromatic nitrogens is 2. The Bertz CT molecular complexity index is 420. The van der Waals surface area contributed by atoms with E-state index in [-0.39, 0.29) is 12.8 Å². The van der Waals surface area contributed by atoms with Gasteiger partial charge in [-0.1, -0.05) is 0 Å². The van der Waals surface area contributed by atoms with Crippen LogP contribution in [0.3, 0.4) is 0 Å². The first-order chi connectivity index (χ1) is 7.29. The van der Waals surface area contributed by atoms with E-state index in [1.54, 1.807) is 14.0 Å². The van der Waals surface area contributed by atoms with Crippen LogP contribution in [-0.2, 0) is 12.6 Å². The minimum Gasteiger partial charge on any atom is -0.481 e. The summed E-state index contributed by atoms with van der Waals surface area (Å²) < 4.78 is 32.6. The molecule has 16 heavy (non-hydrogen) atoms. The Kier molecular flexibility index (Phi) is 2.24. The average molecular weight is 231 g/mol. The molecule has 0 bridgehead atoms. The van der Waals surface area contributed by atoms with Gasteiger partial charge in [-0.25, -0.2) is 13.5 Å². The second-order valence-electron chi connectivity index (χ2n) is 4.46. The van der Waals surface area contributed by atoms with E-state index in [0.29, 0.717) is 17.1 Å². The standard InChI is InChI=1S/C10H15F2N3O/c1-6-7(8(16-3)15(2)14-6)9(13)4-10(11,12)5-9/h4-5,13H2,1-3H3. The lowest BCUT2D eigenvalue weighted by atomic mass is 9.69. The third-order valence-electron chi connectivity index (χ3n) is 3.01. The van der Waals surface area contributed by atoms with Crippen LogP contribution >= 0.6 is 0 Å². The second-order valence-corrected chi connectivity index (χ2v) is 4.46. The van der Waals surface area contributed by atoms with E-state index in [0.717, 1.165) is 0 Å². The number of methoxy groups -OCH3 is 1. The van der Waals surface area contributed by atoms with E-state index in [1.807, 2.05) is 0 Å². The molecule has 6 heteroatoms. The van der Waals surface area contributed by atoms with Crippen LogP contribution in [0.4, 0.5) is 8.78 Å². The van der Waals surface area contributed by atoms with Gasteiger partial charge in [0.05, 0.1) is 23.9 Å². The molecule has 1 aromatic heterocycles. The highest BCUT2D eigenvalue weighted by atomic mass is 19.3. The number of aryl methyl sites for hydroxylation is 2. The molecule has 1 saturated carbocycles. The molecule has 90 valence electrons. The van der Waals surface area contributed by atoms with Gasteiger partial charge in [-0.15, -0.1) is 0 Å². The number of halogens is 2. The summed E-state index contributed by atoms with van der Waals surface area (Å²) in [6.07, 6.45) is -0.689. The van der Waals surface area contributed by atoms with Crippen molar-refractivity contribution in [3.05, 3.63) is 11.3 Å². The summed E-state index contributed by atoms with van der Waals surface area (Å²) in [4.78, 5) is 0. The summed E-state index contributed by atoms with van der Waals surface area (Å²) in [5, 5.41) is 4.14. The fourth-order valence-corrected chi connectivity index (χ4v) is 2.49. The van der Waals surface area contributed by atoms with E-state index in [4.69, 9.17) is 10.5 Å². The second kappa shape index (κ2) is 3.16. The van der Waals surface area contributed by atoms with Crippen molar-refractivity contribution in [1.82, 2.24) is 9.78 Å². The molecular formula is C10H15F2N3O. The maximum atomic E-state index is 12.9. The zero-order valence-electron chi connectivity index (χ0n) is 9.55. The maximum Gasteiger partial charge on any atom is 0.252 e. The molecule has 2 rings (SSSR count). The van der Waals surface area contributed by atoms with Crippen LogP contribution in [0, 0.1) is 6.92 Å². The van der Waals surface area contributed by atoms with Crippen LogP contribution in [0.5, 0.6) is 5.88 Å². The third-order valence-corrected chi connectivity index (χ3v) is 3.01. The summed E-state index contributed by atoms with van der Waals surface area (Å²) in [6, 6.07) is 0. The molecule has 1 aliphatic rings. The fourth-order valence-electron chi connectivity index (χ4n) is 2.49. The van der Waals surface area contributed by atoms with E-state index in [2.05, 4.69) is 5.10 Å². The Balaban J connectivity index is 2.41. The Hall–Kier alpha value is -1.17. The van der Waals surface area contributed by atoms with E-state index in [9.17, 15) is 8.78 Å². The molecule has 0 aromatic carbocycles. The van der Waals surface area contributed by atoms with Gasteiger partial charge >= 0.3 is 0 Å². The largest absolute Gasteiger partial charge is 0.481 e. The van der Waals surface area contributed by atoms with Crippen LogP contribution in [0.1, 0.15) is 24.1 Å². The van der Waals surface area contributed by atoms with Gasteiger partial charge in [0.15, 0.2) is 0 Å². The van der Waals surface area contributed by atoms with Gasteiger partial charge in [0.1, 0.15) is 0 Å². The number of ether oxygens (including phenoxy) is 1. The van der Waals surface area contributed by atoms with Gasteiger partial charge in [-0.2, -0.15) is 5.10 Å². The molecule has 0 saturated heterocycles. The monoisotopic (exact) mass is 231 g/mol. The minimum absolute atomic E-state index is 0.344. The Morgan fingerprint density at radius 3 is 2.44 bits per heavy atom. The van der Waals surface area contributed by atoms with Crippen molar-refractivity contribution in [2.45, 2.75) is 31.2 Å². The van der Waals surface area contributed by atoms with Gasteiger partial charge in [0.25, 0.3) is 5.92 Å². The molecule has 1 fully saturated rings. The first kappa shape index (κ1) is 11.3. The lowest BCUT2D eigenvalue weighted by molar-refractivity contribution is -0.125. The minimum atomic E-state index is -2.66. The van der Waals surface area contributed by atoms with Crippen molar-refractivity contribution in [2.75, 3.05) is 7.11 Å². The van der Waals surface area contributed by atoms with Crippen molar-refractivity contribution < 1.29 is 13.5 Å². The first-order valence-electron chi connectivity index (χ1n) is 5.04. The van der Waals surface area contributed by atoms with Crippen LogP contribution in [0.2, 0.25) is 0 Å². The predicted octanol–water partition coefficient (Wildman–Crippen LogP) is 1.32. The van der Waals surface area contributed by atoms with Gasteiger partial charge < -0.3 is 10.5 Å². The smallest absolute Gasteiger partial charge is 0.252 e. The van der Waals surface area contributed by atoms with Gasteiger partial charge in [-0.3, -0.25) is 0 Å². The highest BCUT2D eigenvalue weighted by molar-refractivity contribution is 5.40. The van der Waals surface area contributed by atoms with E-state index < -0.39 is 11.5 Å². The summed E-state index contributed by atoms with van der Waals surface area (Å²) in [7, 11) is 3.19. The first-order valence-corrected chi connectivity index (χ1v) is 5.04. The topological polar surface area (TPSA) is 53.1 Å². The van der Waals surface area contributed by atoms with Crippen molar-refractivity contribution in [2.24, 2.45) is 12.8 Å². The zero-order chi connectivity index (χ0) is 12.1.